The van der Waals surface area contributed by atoms with E-state index in [-0.39, 0.29) is 46.5 Å². The smallest absolute Gasteiger partial charge is 0.545 e. The number of unbranched alkanes of at least 4 members (excludes halogenated alkanes) is 6. The third kappa shape index (κ3) is 10.5. The zero-order valence-electron chi connectivity index (χ0n) is 14.2. The van der Waals surface area contributed by atoms with Crippen molar-refractivity contribution in [2.75, 3.05) is 5.32 Å². The Labute approximate surface area is 160 Å². The molecule has 23 heavy (non-hydrogen) atoms. The third-order valence-corrected chi connectivity index (χ3v) is 3.43. The molecule has 0 aliphatic carbocycles. The first-order valence-electron chi connectivity index (χ1n) is 7.75. The summed E-state index contributed by atoms with van der Waals surface area (Å²) >= 11 is 0. The fraction of sp³-hybridized carbons (Fsp3) is 0.529. The van der Waals surface area contributed by atoms with E-state index in [4.69, 9.17) is 0 Å². The van der Waals surface area contributed by atoms with Crippen LogP contribution in [0.15, 0.2) is 24.3 Å². The first-order valence-corrected chi connectivity index (χ1v) is 7.75. The summed E-state index contributed by atoms with van der Waals surface area (Å²) in [6, 6.07) is 6.30. The molecule has 0 unspecified atom stereocenters. The number of aromatic carboxylic acids is 1. The minimum atomic E-state index is -1.28. The van der Waals surface area contributed by atoms with Crippen LogP contribution in [0.25, 0.3) is 0 Å². The minimum absolute atomic E-state index is 0. The molecule has 0 saturated heterocycles. The van der Waals surface area contributed by atoms with Gasteiger partial charge in [-0.3, -0.25) is 4.79 Å². The number of para-hydroxylation sites is 1. The summed E-state index contributed by atoms with van der Waals surface area (Å²) < 4.78 is 0. The van der Waals surface area contributed by atoms with Gasteiger partial charge < -0.3 is 20.7 Å². The van der Waals surface area contributed by atoms with Gasteiger partial charge in [-0.25, -0.2) is 0 Å². The van der Waals surface area contributed by atoms with Crippen molar-refractivity contribution in [3.05, 3.63) is 29.8 Å². The van der Waals surface area contributed by atoms with E-state index in [1.54, 1.807) is 18.2 Å². The van der Waals surface area contributed by atoms with Gasteiger partial charge >= 0.3 is 29.6 Å². The molecule has 5 nitrogen and oxygen atoms in total. The number of rotatable bonds is 10. The van der Waals surface area contributed by atoms with E-state index in [0.717, 1.165) is 19.3 Å². The zero-order valence-corrected chi connectivity index (χ0v) is 16.2. The van der Waals surface area contributed by atoms with E-state index in [1.807, 2.05) is 0 Å². The number of anilines is 1. The summed E-state index contributed by atoms with van der Waals surface area (Å²) in [4.78, 5) is 22.7. The molecule has 0 bridgehead atoms. The number of nitrogens with one attached hydrogen (secondary N) is 1. The van der Waals surface area contributed by atoms with Crippen LogP contribution in [0, 0.1) is 0 Å². The maximum atomic E-state index is 11.8. The number of benzene rings is 1. The first kappa shape index (κ1) is 24.4. The van der Waals surface area contributed by atoms with Crippen LogP contribution in [-0.2, 0) is 4.79 Å². The van der Waals surface area contributed by atoms with E-state index >= 15 is 0 Å². The summed E-state index contributed by atoms with van der Waals surface area (Å²) in [6.45, 7) is 2.19. The van der Waals surface area contributed by atoms with Crippen LogP contribution in [0.2, 0.25) is 0 Å². The molecular formula is C17H26NNaO4. The SMILES string of the molecule is CCCCCCCCCC(=O)Nc1ccccc1C(=O)[O-].O.[Na+]. The Hall–Kier alpha value is -0.880. The Balaban J connectivity index is 0. The molecule has 0 fully saturated rings. The van der Waals surface area contributed by atoms with Crippen LogP contribution in [-0.4, -0.2) is 17.4 Å². The van der Waals surface area contributed by atoms with Gasteiger partial charge in [-0.05, 0) is 12.5 Å². The van der Waals surface area contributed by atoms with Gasteiger partial charge in [-0.2, -0.15) is 0 Å². The number of carbonyl (C=O) groups excluding carboxylic acids is 2. The van der Waals surface area contributed by atoms with Crippen molar-refractivity contribution < 1.29 is 49.7 Å². The van der Waals surface area contributed by atoms with Crippen molar-refractivity contribution >= 4 is 17.6 Å². The molecular weight excluding hydrogens is 305 g/mol. The standard InChI is InChI=1S/C17H25NO3.Na.H2O/c1-2-3-4-5-6-7-8-13-16(19)18-15-12-10-9-11-14(15)17(20)21;;/h9-12H,2-8,13H2,1H3,(H,18,19)(H,20,21);;1H2/q;+1;/p-1. The normalized spacial score (nSPS) is 9.43. The van der Waals surface area contributed by atoms with E-state index in [2.05, 4.69) is 12.2 Å². The molecule has 1 amide bonds. The molecule has 1 aromatic carbocycles. The zero-order chi connectivity index (χ0) is 15.5. The molecule has 0 saturated carbocycles. The van der Waals surface area contributed by atoms with Crippen molar-refractivity contribution in [2.24, 2.45) is 0 Å². The fourth-order valence-corrected chi connectivity index (χ4v) is 2.23. The van der Waals surface area contributed by atoms with Crippen LogP contribution in [0.4, 0.5) is 5.69 Å². The van der Waals surface area contributed by atoms with Gasteiger partial charge in [0.25, 0.3) is 0 Å². The molecule has 0 radical (unpaired) electrons. The summed E-state index contributed by atoms with van der Waals surface area (Å²) in [5.41, 5.74) is 0.330. The number of carboxylic acid groups (broad SMARTS) is 1. The van der Waals surface area contributed by atoms with Gasteiger partial charge in [0.05, 0.1) is 5.97 Å². The number of hydrogen-bond acceptors (Lipinski definition) is 3. The van der Waals surface area contributed by atoms with Gasteiger partial charge in [0.15, 0.2) is 0 Å². The maximum absolute atomic E-state index is 11.8. The third-order valence-electron chi connectivity index (χ3n) is 3.43. The quantitative estimate of drug-likeness (QED) is 0.453. The molecule has 0 aliphatic rings. The number of amides is 1. The van der Waals surface area contributed by atoms with Crippen molar-refractivity contribution in [3.63, 3.8) is 0 Å². The van der Waals surface area contributed by atoms with E-state index < -0.39 is 5.97 Å². The molecule has 0 spiro atoms. The monoisotopic (exact) mass is 331 g/mol. The Kier molecular flexibility index (Phi) is 15.6. The van der Waals surface area contributed by atoms with Crippen LogP contribution in [0.1, 0.15) is 68.6 Å². The van der Waals surface area contributed by atoms with Gasteiger partial charge in [0, 0.05) is 17.7 Å². The van der Waals surface area contributed by atoms with Gasteiger partial charge in [-0.1, -0.05) is 63.6 Å². The predicted molar refractivity (Wildman–Crippen MR) is 85.6 cm³/mol. The van der Waals surface area contributed by atoms with Crippen LogP contribution in [0.5, 0.6) is 0 Å². The van der Waals surface area contributed by atoms with Crippen LogP contribution < -0.4 is 40.0 Å². The molecule has 0 atom stereocenters. The summed E-state index contributed by atoms with van der Waals surface area (Å²) in [5.74, 6) is -1.42. The van der Waals surface area contributed by atoms with Crippen molar-refractivity contribution in [2.45, 2.75) is 58.3 Å². The van der Waals surface area contributed by atoms with Gasteiger partial charge in [-0.15, -0.1) is 0 Å². The molecule has 124 valence electrons. The van der Waals surface area contributed by atoms with Crippen molar-refractivity contribution in [1.29, 1.82) is 0 Å². The Morgan fingerprint density at radius 3 is 2.17 bits per heavy atom. The second-order valence-electron chi connectivity index (χ2n) is 5.25. The molecule has 1 rings (SSSR count). The van der Waals surface area contributed by atoms with Crippen LogP contribution >= 0.6 is 0 Å². The Morgan fingerprint density at radius 2 is 1.57 bits per heavy atom. The number of carbonyl (C=O) groups is 2. The molecule has 6 heteroatoms. The average molecular weight is 331 g/mol. The Bertz CT molecular complexity index is 466. The molecule has 1 aromatic rings. The predicted octanol–water partition coefficient (Wildman–Crippen LogP) is -0.691. The van der Waals surface area contributed by atoms with Crippen molar-refractivity contribution in [1.82, 2.24) is 0 Å². The average Bonchev–Trinajstić information content (AvgIpc) is 2.46. The van der Waals surface area contributed by atoms with E-state index in [1.165, 1.54) is 31.7 Å². The second-order valence-corrected chi connectivity index (χ2v) is 5.25. The maximum Gasteiger partial charge on any atom is 1.00 e. The molecule has 0 aromatic heterocycles. The number of hydrogen-bond donors (Lipinski definition) is 1. The van der Waals surface area contributed by atoms with Crippen molar-refractivity contribution in [3.8, 4) is 0 Å². The molecule has 0 heterocycles. The van der Waals surface area contributed by atoms with Gasteiger partial charge in [0.2, 0.25) is 5.91 Å². The Morgan fingerprint density at radius 1 is 1.00 bits per heavy atom. The summed E-state index contributed by atoms with van der Waals surface area (Å²) in [6.07, 6.45) is 8.47. The van der Waals surface area contributed by atoms with E-state index in [9.17, 15) is 14.7 Å². The largest absolute Gasteiger partial charge is 1.00 e. The second kappa shape index (κ2) is 14.7. The fourth-order valence-electron chi connectivity index (χ4n) is 2.23. The molecule has 3 N–H and O–H groups in total. The number of carboxylic acids is 1. The van der Waals surface area contributed by atoms with Gasteiger partial charge in [0.1, 0.15) is 0 Å². The van der Waals surface area contributed by atoms with Crippen LogP contribution in [0.3, 0.4) is 0 Å². The first-order chi connectivity index (χ1) is 10.1. The van der Waals surface area contributed by atoms with E-state index in [0.29, 0.717) is 12.1 Å². The summed E-state index contributed by atoms with van der Waals surface area (Å²) in [7, 11) is 0. The topological polar surface area (TPSA) is 101 Å². The summed E-state index contributed by atoms with van der Waals surface area (Å²) in [5, 5.41) is 13.6. The minimum Gasteiger partial charge on any atom is -0.545 e. The molecule has 0 aliphatic heterocycles.